The Bertz CT molecular complexity index is 613. The highest BCUT2D eigenvalue weighted by atomic mass is 16.5. The van der Waals surface area contributed by atoms with Gasteiger partial charge in [0.25, 0.3) is 11.9 Å². The molecule has 1 aromatic carbocycles. The summed E-state index contributed by atoms with van der Waals surface area (Å²) in [4.78, 5) is 23.0. The second kappa shape index (κ2) is 7.57. The fourth-order valence-electron chi connectivity index (χ4n) is 1.43. The fraction of sp³-hybridized carbons (Fsp3) is 0.250. The maximum Gasteiger partial charge on any atom is 0.269 e. The number of H-pyrrole nitrogens is 1. The van der Waals surface area contributed by atoms with Crippen LogP contribution in [-0.2, 0) is 9.59 Å². The van der Waals surface area contributed by atoms with Crippen molar-refractivity contribution >= 4 is 17.8 Å². The molecular formula is C12H14N6O4. The number of aromatic amines is 1. The molecule has 22 heavy (non-hydrogen) atoms. The van der Waals surface area contributed by atoms with Crippen molar-refractivity contribution in [1.82, 2.24) is 25.9 Å². The van der Waals surface area contributed by atoms with Crippen LogP contribution in [0.5, 0.6) is 11.5 Å². The summed E-state index contributed by atoms with van der Waals surface area (Å²) in [5, 5.41) is 17.3. The maximum atomic E-state index is 11.6. The van der Waals surface area contributed by atoms with Crippen LogP contribution in [-0.4, -0.2) is 52.7 Å². The van der Waals surface area contributed by atoms with E-state index in [4.69, 9.17) is 9.47 Å². The predicted molar refractivity (Wildman–Crippen MR) is 74.3 cm³/mol. The van der Waals surface area contributed by atoms with E-state index in [0.29, 0.717) is 11.5 Å². The molecule has 116 valence electrons. The smallest absolute Gasteiger partial charge is 0.269 e. The zero-order valence-electron chi connectivity index (χ0n) is 11.7. The summed E-state index contributed by atoms with van der Waals surface area (Å²) in [5.41, 5.74) is 0. The summed E-state index contributed by atoms with van der Waals surface area (Å²) in [7, 11) is 1.56. The predicted octanol–water partition coefficient (Wildman–Crippen LogP) is -0.658. The Labute approximate surface area is 125 Å². The number of aromatic nitrogens is 4. The number of hydrogen-bond acceptors (Lipinski definition) is 7. The van der Waals surface area contributed by atoms with Gasteiger partial charge in [0.1, 0.15) is 11.5 Å². The lowest BCUT2D eigenvalue weighted by Crippen LogP contribution is -2.36. The number of amides is 2. The SMILES string of the molecule is COc1ccc(OCC(=O)NCC(=O)Nc2nn[nH]n2)cc1. The number of anilines is 1. The van der Waals surface area contributed by atoms with E-state index in [2.05, 4.69) is 31.3 Å². The minimum absolute atomic E-state index is 0.0359. The van der Waals surface area contributed by atoms with E-state index >= 15 is 0 Å². The van der Waals surface area contributed by atoms with E-state index < -0.39 is 11.8 Å². The third-order valence-corrected chi connectivity index (χ3v) is 2.47. The number of tetrazole rings is 1. The Morgan fingerprint density at radius 1 is 1.18 bits per heavy atom. The molecule has 0 unspecified atom stereocenters. The summed E-state index contributed by atoms with van der Waals surface area (Å²) in [6, 6.07) is 6.78. The van der Waals surface area contributed by atoms with Gasteiger partial charge in [0.15, 0.2) is 6.61 Å². The van der Waals surface area contributed by atoms with E-state index in [0.717, 1.165) is 0 Å². The number of ether oxygens (including phenoxy) is 2. The number of carbonyl (C=O) groups excluding carboxylic acids is 2. The van der Waals surface area contributed by atoms with Crippen LogP contribution in [0.1, 0.15) is 0 Å². The molecule has 2 amide bonds. The van der Waals surface area contributed by atoms with Gasteiger partial charge >= 0.3 is 0 Å². The van der Waals surface area contributed by atoms with Crippen molar-refractivity contribution in [1.29, 1.82) is 0 Å². The van der Waals surface area contributed by atoms with Gasteiger partial charge in [-0.2, -0.15) is 5.21 Å². The first-order valence-corrected chi connectivity index (χ1v) is 6.24. The molecule has 0 radical (unpaired) electrons. The minimum atomic E-state index is -0.473. The highest BCUT2D eigenvalue weighted by Crippen LogP contribution is 2.16. The Balaban J connectivity index is 1.67. The topological polar surface area (TPSA) is 131 Å². The van der Waals surface area contributed by atoms with E-state index in [-0.39, 0.29) is 19.1 Å². The summed E-state index contributed by atoms with van der Waals surface area (Å²) in [5.74, 6) is 0.342. The molecule has 0 aliphatic rings. The summed E-state index contributed by atoms with van der Waals surface area (Å²) in [6.45, 7) is -0.429. The lowest BCUT2D eigenvalue weighted by molar-refractivity contribution is -0.125. The molecule has 1 heterocycles. The third-order valence-electron chi connectivity index (χ3n) is 2.47. The van der Waals surface area contributed by atoms with Crippen LogP contribution < -0.4 is 20.1 Å². The molecule has 2 rings (SSSR count). The fourth-order valence-corrected chi connectivity index (χ4v) is 1.43. The van der Waals surface area contributed by atoms with E-state index in [9.17, 15) is 9.59 Å². The molecule has 10 heteroatoms. The van der Waals surface area contributed by atoms with Gasteiger partial charge in [-0.3, -0.25) is 14.9 Å². The van der Waals surface area contributed by atoms with E-state index in [1.165, 1.54) is 0 Å². The standard InChI is InChI=1S/C12H14N6O4/c1-21-8-2-4-9(5-3-8)22-7-11(20)13-6-10(19)14-12-15-17-18-16-12/h2-5H,6-7H2,1H3,(H,13,20)(H2,14,15,16,17,18,19). The molecule has 1 aromatic heterocycles. The van der Waals surface area contributed by atoms with Crippen LogP contribution in [0.25, 0.3) is 0 Å². The Kier molecular flexibility index (Phi) is 5.24. The van der Waals surface area contributed by atoms with Gasteiger partial charge in [0.2, 0.25) is 5.91 Å². The first-order chi connectivity index (χ1) is 10.7. The molecule has 10 nitrogen and oxygen atoms in total. The summed E-state index contributed by atoms with van der Waals surface area (Å²) < 4.78 is 10.3. The molecule has 0 fully saturated rings. The molecule has 0 bridgehead atoms. The number of nitrogens with one attached hydrogen (secondary N) is 3. The lowest BCUT2D eigenvalue weighted by atomic mass is 10.3. The van der Waals surface area contributed by atoms with Crippen LogP contribution in [0.15, 0.2) is 24.3 Å². The molecular weight excluding hydrogens is 292 g/mol. The molecule has 0 spiro atoms. The van der Waals surface area contributed by atoms with E-state index in [1.54, 1.807) is 31.4 Å². The molecule has 0 atom stereocenters. The number of hydrogen-bond donors (Lipinski definition) is 3. The van der Waals surface area contributed by atoms with Crippen molar-refractivity contribution in [2.45, 2.75) is 0 Å². The van der Waals surface area contributed by atoms with Crippen molar-refractivity contribution in [2.24, 2.45) is 0 Å². The van der Waals surface area contributed by atoms with Crippen molar-refractivity contribution < 1.29 is 19.1 Å². The monoisotopic (exact) mass is 306 g/mol. The summed E-state index contributed by atoms with van der Waals surface area (Å²) >= 11 is 0. The number of nitrogens with zero attached hydrogens (tertiary/aromatic N) is 3. The van der Waals surface area contributed by atoms with E-state index in [1.807, 2.05) is 0 Å². The Morgan fingerprint density at radius 2 is 1.91 bits per heavy atom. The average molecular weight is 306 g/mol. The van der Waals surface area contributed by atoms with Gasteiger partial charge in [-0.05, 0) is 29.5 Å². The zero-order chi connectivity index (χ0) is 15.8. The molecule has 3 N–H and O–H groups in total. The Hall–Kier alpha value is -3.17. The van der Waals surface area contributed by atoms with Crippen molar-refractivity contribution in [3.8, 4) is 11.5 Å². The zero-order valence-corrected chi connectivity index (χ0v) is 11.7. The molecule has 0 aliphatic heterocycles. The van der Waals surface area contributed by atoms with Gasteiger partial charge in [-0.25, -0.2) is 0 Å². The lowest BCUT2D eigenvalue weighted by Gasteiger charge is -2.07. The van der Waals surface area contributed by atoms with Crippen LogP contribution >= 0.6 is 0 Å². The van der Waals surface area contributed by atoms with Crippen LogP contribution in [0, 0.1) is 0 Å². The Morgan fingerprint density at radius 3 is 2.55 bits per heavy atom. The van der Waals surface area contributed by atoms with Crippen molar-refractivity contribution in [3.05, 3.63) is 24.3 Å². The number of rotatable bonds is 7. The number of benzene rings is 1. The molecule has 0 saturated carbocycles. The average Bonchev–Trinajstić information content (AvgIpc) is 3.04. The first kappa shape index (κ1) is 15.2. The molecule has 0 aliphatic carbocycles. The third kappa shape index (κ3) is 4.74. The largest absolute Gasteiger partial charge is 0.497 e. The van der Waals surface area contributed by atoms with Gasteiger partial charge < -0.3 is 14.8 Å². The number of methoxy groups -OCH3 is 1. The van der Waals surface area contributed by atoms with Gasteiger partial charge in [0.05, 0.1) is 13.7 Å². The minimum Gasteiger partial charge on any atom is -0.497 e. The van der Waals surface area contributed by atoms with Gasteiger partial charge in [0, 0.05) is 0 Å². The highest BCUT2D eigenvalue weighted by Gasteiger charge is 2.08. The van der Waals surface area contributed by atoms with Crippen LogP contribution in [0.2, 0.25) is 0 Å². The van der Waals surface area contributed by atoms with Crippen molar-refractivity contribution in [2.75, 3.05) is 25.6 Å². The van der Waals surface area contributed by atoms with Crippen LogP contribution in [0.3, 0.4) is 0 Å². The van der Waals surface area contributed by atoms with Gasteiger partial charge in [-0.15, -0.1) is 5.10 Å². The molecule has 0 saturated heterocycles. The normalized spacial score (nSPS) is 9.86. The van der Waals surface area contributed by atoms with Crippen molar-refractivity contribution in [3.63, 3.8) is 0 Å². The quantitative estimate of drug-likeness (QED) is 0.619. The molecule has 2 aromatic rings. The van der Waals surface area contributed by atoms with Crippen LogP contribution in [0.4, 0.5) is 5.95 Å². The second-order valence-electron chi connectivity index (χ2n) is 4.02. The summed E-state index contributed by atoms with van der Waals surface area (Å²) in [6.07, 6.45) is 0. The van der Waals surface area contributed by atoms with Gasteiger partial charge in [-0.1, -0.05) is 5.10 Å². The highest BCUT2D eigenvalue weighted by molar-refractivity contribution is 5.93. The first-order valence-electron chi connectivity index (χ1n) is 6.24. The number of carbonyl (C=O) groups is 2. The maximum absolute atomic E-state index is 11.6. The second-order valence-corrected chi connectivity index (χ2v) is 4.02.